The van der Waals surface area contributed by atoms with Crippen LogP contribution in [0.5, 0.6) is 0 Å². The number of para-hydroxylation sites is 1. The highest BCUT2D eigenvalue weighted by atomic mass is 19.1. The Morgan fingerprint density at radius 2 is 2.00 bits per heavy atom. The minimum Gasteiger partial charge on any atom is -0.480 e. The largest absolute Gasteiger partial charge is 0.480 e. The van der Waals surface area contributed by atoms with Crippen molar-refractivity contribution in [2.75, 3.05) is 0 Å². The van der Waals surface area contributed by atoms with E-state index in [-0.39, 0.29) is 13.0 Å². The predicted molar refractivity (Wildman–Crippen MR) is 103 cm³/mol. The second-order valence-corrected chi connectivity index (χ2v) is 6.67. The highest BCUT2D eigenvalue weighted by Crippen LogP contribution is 2.20. The van der Waals surface area contributed by atoms with Crippen LogP contribution < -0.4 is 5.32 Å². The molecule has 0 spiro atoms. The van der Waals surface area contributed by atoms with Crippen LogP contribution >= 0.6 is 0 Å². The van der Waals surface area contributed by atoms with Gasteiger partial charge in [0.1, 0.15) is 18.4 Å². The number of fused-ring (bicyclic) bond motifs is 2. The molecule has 0 unspecified atom stereocenters. The molecular weight excluding hydrogens is 361 g/mol. The molecular formula is C21H18FN3O3. The molecule has 4 rings (SSSR count). The summed E-state index contributed by atoms with van der Waals surface area (Å²) in [7, 11) is 0. The Balaban J connectivity index is 1.50. The number of nitrogens with one attached hydrogen (secondary N) is 2. The van der Waals surface area contributed by atoms with E-state index in [1.807, 2.05) is 24.3 Å². The average molecular weight is 379 g/mol. The van der Waals surface area contributed by atoms with Gasteiger partial charge in [-0.05, 0) is 41.3 Å². The minimum absolute atomic E-state index is 0.0926. The molecule has 0 aliphatic rings. The summed E-state index contributed by atoms with van der Waals surface area (Å²) >= 11 is 0. The number of hydrogen-bond acceptors (Lipinski definition) is 2. The van der Waals surface area contributed by atoms with Crippen LogP contribution in [0.1, 0.15) is 5.56 Å². The maximum absolute atomic E-state index is 13.5. The fourth-order valence-corrected chi connectivity index (χ4v) is 3.41. The van der Waals surface area contributed by atoms with Gasteiger partial charge in [-0.25, -0.2) is 9.18 Å². The topological polar surface area (TPSA) is 87.1 Å². The van der Waals surface area contributed by atoms with E-state index < -0.39 is 23.7 Å². The maximum Gasteiger partial charge on any atom is 0.326 e. The molecule has 2 aromatic carbocycles. The van der Waals surface area contributed by atoms with E-state index in [4.69, 9.17) is 0 Å². The van der Waals surface area contributed by atoms with Crippen LogP contribution in [-0.4, -0.2) is 32.6 Å². The molecule has 142 valence electrons. The van der Waals surface area contributed by atoms with Gasteiger partial charge < -0.3 is 20.0 Å². The highest BCUT2D eigenvalue weighted by molar-refractivity contribution is 5.88. The number of halogens is 1. The standard InChI is InChI=1S/C21H18FN3O3/c22-15-6-5-13-7-8-25(19(13)10-15)12-20(26)24-18(21(27)28)9-14-11-23-17-4-2-1-3-16(14)17/h1-8,10-11,18,23H,9,12H2,(H,24,26)(H,27,28)/t18-/m0/s1. The summed E-state index contributed by atoms with van der Waals surface area (Å²) < 4.78 is 15.1. The predicted octanol–water partition coefficient (Wildman–Crippen LogP) is 3.07. The highest BCUT2D eigenvalue weighted by Gasteiger charge is 2.22. The number of rotatable bonds is 6. The van der Waals surface area contributed by atoms with Gasteiger partial charge in [0.2, 0.25) is 5.91 Å². The lowest BCUT2D eigenvalue weighted by atomic mass is 10.0. The van der Waals surface area contributed by atoms with Gasteiger partial charge in [0.05, 0.1) is 5.52 Å². The first-order chi connectivity index (χ1) is 13.5. The van der Waals surface area contributed by atoms with Gasteiger partial charge in [-0.2, -0.15) is 0 Å². The van der Waals surface area contributed by atoms with Crippen LogP contribution in [-0.2, 0) is 22.6 Å². The molecule has 28 heavy (non-hydrogen) atoms. The molecule has 4 aromatic rings. The van der Waals surface area contributed by atoms with Crippen molar-refractivity contribution in [3.63, 3.8) is 0 Å². The molecule has 0 saturated heterocycles. The number of carbonyl (C=O) groups is 2. The Morgan fingerprint density at radius 1 is 1.18 bits per heavy atom. The van der Waals surface area contributed by atoms with Crippen LogP contribution in [0.4, 0.5) is 4.39 Å². The van der Waals surface area contributed by atoms with Crippen LogP contribution in [0.25, 0.3) is 21.8 Å². The molecule has 2 aromatic heterocycles. The first-order valence-corrected chi connectivity index (χ1v) is 8.83. The van der Waals surface area contributed by atoms with E-state index in [0.717, 1.165) is 21.9 Å². The zero-order valence-corrected chi connectivity index (χ0v) is 14.9. The van der Waals surface area contributed by atoms with E-state index in [9.17, 15) is 19.1 Å². The Hall–Kier alpha value is -3.61. The number of aromatic nitrogens is 2. The first kappa shape index (κ1) is 17.8. The van der Waals surface area contributed by atoms with Gasteiger partial charge in [0.15, 0.2) is 0 Å². The molecule has 3 N–H and O–H groups in total. The molecule has 7 heteroatoms. The lowest BCUT2D eigenvalue weighted by Crippen LogP contribution is -2.43. The Labute approximate surface area is 159 Å². The maximum atomic E-state index is 13.5. The molecule has 0 fully saturated rings. The molecule has 0 bridgehead atoms. The van der Waals surface area contributed by atoms with Gasteiger partial charge >= 0.3 is 5.97 Å². The molecule has 0 saturated carbocycles. The zero-order valence-electron chi connectivity index (χ0n) is 14.9. The van der Waals surface area contributed by atoms with Crippen LogP contribution in [0.3, 0.4) is 0 Å². The summed E-state index contributed by atoms with van der Waals surface area (Å²) in [6, 6.07) is 12.6. The summed E-state index contributed by atoms with van der Waals surface area (Å²) in [5.41, 5.74) is 2.31. The summed E-state index contributed by atoms with van der Waals surface area (Å²) in [6.45, 7) is -0.0926. The number of carbonyl (C=O) groups excluding carboxylic acids is 1. The fourth-order valence-electron chi connectivity index (χ4n) is 3.41. The van der Waals surface area contributed by atoms with E-state index in [1.54, 1.807) is 29.1 Å². The first-order valence-electron chi connectivity index (χ1n) is 8.83. The second-order valence-electron chi connectivity index (χ2n) is 6.67. The number of hydrogen-bond donors (Lipinski definition) is 3. The molecule has 0 radical (unpaired) electrons. The number of nitrogens with zero attached hydrogens (tertiary/aromatic N) is 1. The van der Waals surface area contributed by atoms with E-state index in [2.05, 4.69) is 10.3 Å². The Morgan fingerprint density at radius 3 is 2.82 bits per heavy atom. The molecule has 0 aliphatic heterocycles. The lowest BCUT2D eigenvalue weighted by molar-refractivity contribution is -0.141. The number of H-pyrrole nitrogens is 1. The van der Waals surface area contributed by atoms with Crippen molar-refractivity contribution in [3.8, 4) is 0 Å². The zero-order chi connectivity index (χ0) is 19.7. The summed E-state index contributed by atoms with van der Waals surface area (Å²) in [4.78, 5) is 27.2. The van der Waals surface area contributed by atoms with Gasteiger partial charge in [-0.15, -0.1) is 0 Å². The van der Waals surface area contributed by atoms with Crippen molar-refractivity contribution >= 4 is 33.7 Å². The average Bonchev–Trinajstić information content (AvgIpc) is 3.25. The van der Waals surface area contributed by atoms with Crippen LogP contribution in [0, 0.1) is 5.82 Å². The molecule has 2 heterocycles. The van der Waals surface area contributed by atoms with Gasteiger partial charge in [0, 0.05) is 29.7 Å². The fraction of sp³-hybridized carbons (Fsp3) is 0.143. The van der Waals surface area contributed by atoms with E-state index in [1.165, 1.54) is 12.1 Å². The number of carboxylic acid groups (broad SMARTS) is 1. The number of carboxylic acids is 1. The molecule has 6 nitrogen and oxygen atoms in total. The lowest BCUT2D eigenvalue weighted by Gasteiger charge is -2.15. The third kappa shape index (κ3) is 3.46. The van der Waals surface area contributed by atoms with Crippen molar-refractivity contribution in [3.05, 3.63) is 72.3 Å². The quantitative estimate of drug-likeness (QED) is 0.481. The summed E-state index contributed by atoms with van der Waals surface area (Å²) in [5, 5.41) is 13.8. The van der Waals surface area contributed by atoms with Crippen LogP contribution in [0.15, 0.2) is 60.9 Å². The smallest absolute Gasteiger partial charge is 0.326 e. The SMILES string of the molecule is O=C(Cn1ccc2ccc(F)cc21)N[C@@H](Cc1c[nH]c2ccccc12)C(=O)O. The van der Waals surface area contributed by atoms with Crippen molar-refractivity contribution < 1.29 is 19.1 Å². The number of aliphatic carboxylic acids is 1. The normalized spacial score (nSPS) is 12.3. The van der Waals surface area contributed by atoms with Crippen LogP contribution in [0.2, 0.25) is 0 Å². The van der Waals surface area contributed by atoms with Gasteiger partial charge in [-0.1, -0.05) is 18.2 Å². The molecule has 1 atom stereocenters. The Bertz CT molecular complexity index is 1180. The van der Waals surface area contributed by atoms with Crippen molar-refractivity contribution in [1.29, 1.82) is 0 Å². The number of amides is 1. The third-order valence-electron chi connectivity index (χ3n) is 4.78. The third-order valence-corrected chi connectivity index (χ3v) is 4.78. The second kappa shape index (κ2) is 7.19. The summed E-state index contributed by atoms with van der Waals surface area (Å²) in [6.07, 6.45) is 3.60. The van der Waals surface area contributed by atoms with Gasteiger partial charge in [0.25, 0.3) is 0 Å². The van der Waals surface area contributed by atoms with E-state index in [0.29, 0.717) is 5.52 Å². The number of benzene rings is 2. The van der Waals surface area contributed by atoms with Gasteiger partial charge in [-0.3, -0.25) is 4.79 Å². The van der Waals surface area contributed by atoms with Crippen molar-refractivity contribution in [2.24, 2.45) is 0 Å². The molecule has 1 amide bonds. The molecule has 0 aliphatic carbocycles. The Kier molecular flexibility index (Phi) is 4.57. The van der Waals surface area contributed by atoms with Crippen molar-refractivity contribution in [2.45, 2.75) is 19.0 Å². The minimum atomic E-state index is -1.11. The number of aromatic amines is 1. The monoisotopic (exact) mass is 379 g/mol. The summed E-state index contributed by atoms with van der Waals surface area (Å²) in [5.74, 6) is -1.95. The van der Waals surface area contributed by atoms with E-state index >= 15 is 0 Å². The van der Waals surface area contributed by atoms with Crippen molar-refractivity contribution in [1.82, 2.24) is 14.9 Å².